The Morgan fingerprint density at radius 1 is 1.47 bits per heavy atom. The van der Waals surface area contributed by atoms with Crippen LogP contribution in [0.2, 0.25) is 5.02 Å². The molecular weight excluding hydrogens is 236 g/mol. The Bertz CT molecular complexity index is 427. The number of benzene rings is 1. The van der Waals surface area contributed by atoms with Gasteiger partial charge in [-0.25, -0.2) is 5.43 Å². The fourth-order valence-electron chi connectivity index (χ4n) is 1.48. The zero-order chi connectivity index (χ0) is 12.8. The maximum absolute atomic E-state index is 11.7. The number of hydrazone groups is 1. The highest BCUT2D eigenvalue weighted by Crippen LogP contribution is 2.10. The quantitative estimate of drug-likeness (QED) is 0.647. The highest BCUT2D eigenvalue weighted by atomic mass is 35.5. The second kappa shape index (κ2) is 6.40. The number of carbonyl (C=O) groups excluding carboxylic acids is 1. The van der Waals surface area contributed by atoms with E-state index < -0.39 is 0 Å². The van der Waals surface area contributed by atoms with E-state index in [1.165, 1.54) is 0 Å². The van der Waals surface area contributed by atoms with Gasteiger partial charge in [0.05, 0.1) is 0 Å². The Kier molecular flexibility index (Phi) is 5.16. The van der Waals surface area contributed by atoms with E-state index in [1.54, 1.807) is 24.3 Å². The van der Waals surface area contributed by atoms with Crippen LogP contribution in [0.3, 0.4) is 0 Å². The van der Waals surface area contributed by atoms with E-state index in [0.29, 0.717) is 16.5 Å². The van der Waals surface area contributed by atoms with Gasteiger partial charge in [-0.2, -0.15) is 5.10 Å². The Balaban J connectivity index is 2.61. The molecule has 1 aromatic carbocycles. The molecule has 1 amide bonds. The number of halogens is 1. The van der Waals surface area contributed by atoms with E-state index in [2.05, 4.69) is 24.4 Å². The first-order valence-corrected chi connectivity index (χ1v) is 5.96. The second-order valence-electron chi connectivity index (χ2n) is 4.40. The fraction of sp³-hybridized carbons (Fsp3) is 0.385. The molecule has 0 bridgehead atoms. The highest BCUT2D eigenvalue weighted by Gasteiger charge is 2.05. The van der Waals surface area contributed by atoms with E-state index in [0.717, 1.165) is 12.1 Å². The molecule has 1 N–H and O–H groups in total. The SMILES string of the molecule is CC(CC(C)C)=NNC(=O)c1cccc(Cl)c1. The molecule has 0 aliphatic heterocycles. The molecule has 0 radical (unpaired) electrons. The Labute approximate surface area is 107 Å². The summed E-state index contributed by atoms with van der Waals surface area (Å²) in [6, 6.07) is 6.78. The number of rotatable bonds is 4. The van der Waals surface area contributed by atoms with Gasteiger partial charge in [0.15, 0.2) is 0 Å². The summed E-state index contributed by atoms with van der Waals surface area (Å²) in [7, 11) is 0. The highest BCUT2D eigenvalue weighted by molar-refractivity contribution is 6.30. The average Bonchev–Trinajstić information content (AvgIpc) is 2.25. The minimum Gasteiger partial charge on any atom is -0.267 e. The smallest absolute Gasteiger partial charge is 0.267 e. The van der Waals surface area contributed by atoms with Crippen molar-refractivity contribution in [2.45, 2.75) is 27.2 Å². The number of nitrogens with one attached hydrogen (secondary N) is 1. The van der Waals surface area contributed by atoms with Crippen LogP contribution in [0.4, 0.5) is 0 Å². The first kappa shape index (κ1) is 13.7. The van der Waals surface area contributed by atoms with Gasteiger partial charge in [-0.1, -0.05) is 31.5 Å². The molecule has 0 aliphatic rings. The van der Waals surface area contributed by atoms with Crippen LogP contribution >= 0.6 is 11.6 Å². The summed E-state index contributed by atoms with van der Waals surface area (Å²) in [5.74, 6) is 0.289. The first-order valence-electron chi connectivity index (χ1n) is 5.58. The lowest BCUT2D eigenvalue weighted by Gasteiger charge is -2.05. The lowest BCUT2D eigenvalue weighted by Crippen LogP contribution is -2.19. The molecule has 1 rings (SSSR count). The third-order valence-electron chi connectivity index (χ3n) is 2.14. The normalized spacial score (nSPS) is 11.7. The molecule has 0 unspecified atom stereocenters. The van der Waals surface area contributed by atoms with Crippen LogP contribution in [0, 0.1) is 5.92 Å². The topological polar surface area (TPSA) is 41.5 Å². The summed E-state index contributed by atoms with van der Waals surface area (Å²) in [6.45, 7) is 6.12. The van der Waals surface area contributed by atoms with E-state index in [9.17, 15) is 4.79 Å². The van der Waals surface area contributed by atoms with E-state index in [1.807, 2.05) is 6.92 Å². The predicted molar refractivity (Wildman–Crippen MR) is 71.5 cm³/mol. The standard InChI is InChI=1S/C13H17ClN2O/c1-9(2)7-10(3)15-16-13(17)11-5-4-6-12(14)8-11/h4-6,8-9H,7H2,1-3H3,(H,16,17). The largest absolute Gasteiger partial charge is 0.271 e. The number of amides is 1. The molecule has 0 aromatic heterocycles. The molecular formula is C13H17ClN2O. The second-order valence-corrected chi connectivity index (χ2v) is 4.83. The molecule has 0 aliphatic carbocycles. The van der Waals surface area contributed by atoms with Crippen LogP contribution in [-0.4, -0.2) is 11.6 Å². The molecule has 1 aromatic rings. The van der Waals surface area contributed by atoms with Crippen molar-refractivity contribution in [1.82, 2.24) is 5.43 Å². The fourth-order valence-corrected chi connectivity index (χ4v) is 1.67. The Hall–Kier alpha value is -1.35. The molecule has 0 atom stereocenters. The third-order valence-corrected chi connectivity index (χ3v) is 2.37. The van der Waals surface area contributed by atoms with Crippen molar-refractivity contribution in [2.75, 3.05) is 0 Å². The lowest BCUT2D eigenvalue weighted by molar-refractivity contribution is 0.0954. The van der Waals surface area contributed by atoms with Crippen LogP contribution in [0.25, 0.3) is 0 Å². The maximum atomic E-state index is 11.7. The molecule has 17 heavy (non-hydrogen) atoms. The Morgan fingerprint density at radius 2 is 2.18 bits per heavy atom. The minimum atomic E-state index is -0.240. The third kappa shape index (κ3) is 5.00. The number of hydrogen-bond donors (Lipinski definition) is 1. The molecule has 4 heteroatoms. The van der Waals surface area contributed by atoms with Crippen molar-refractivity contribution in [3.63, 3.8) is 0 Å². The van der Waals surface area contributed by atoms with Gasteiger partial charge >= 0.3 is 0 Å². The van der Waals surface area contributed by atoms with Crippen LogP contribution in [0.15, 0.2) is 29.4 Å². The van der Waals surface area contributed by atoms with Crippen LogP contribution in [0.1, 0.15) is 37.6 Å². The molecule has 0 saturated heterocycles. The van der Waals surface area contributed by atoms with Crippen LogP contribution in [-0.2, 0) is 0 Å². The van der Waals surface area contributed by atoms with Gasteiger partial charge in [-0.3, -0.25) is 4.79 Å². The predicted octanol–water partition coefficient (Wildman–Crippen LogP) is 3.49. The van der Waals surface area contributed by atoms with Gasteiger partial charge < -0.3 is 0 Å². The summed E-state index contributed by atoms with van der Waals surface area (Å²) >= 11 is 5.80. The molecule has 92 valence electrons. The molecule has 0 heterocycles. The van der Waals surface area contributed by atoms with Gasteiger partial charge in [0, 0.05) is 16.3 Å². The summed E-state index contributed by atoms with van der Waals surface area (Å²) in [4.78, 5) is 11.7. The number of carbonyl (C=O) groups is 1. The summed E-state index contributed by atoms with van der Waals surface area (Å²) < 4.78 is 0. The van der Waals surface area contributed by atoms with Crippen LogP contribution < -0.4 is 5.43 Å². The van der Waals surface area contributed by atoms with Crippen molar-refractivity contribution >= 4 is 23.2 Å². The summed E-state index contributed by atoms with van der Waals surface area (Å²) in [5, 5.41) is 4.59. The summed E-state index contributed by atoms with van der Waals surface area (Å²) in [5.41, 5.74) is 3.95. The van der Waals surface area contributed by atoms with Gasteiger partial charge in [0.1, 0.15) is 0 Å². The van der Waals surface area contributed by atoms with Gasteiger partial charge in [-0.15, -0.1) is 0 Å². The zero-order valence-electron chi connectivity index (χ0n) is 10.3. The Morgan fingerprint density at radius 3 is 2.76 bits per heavy atom. The first-order chi connectivity index (χ1) is 7.99. The van der Waals surface area contributed by atoms with Gasteiger partial charge in [-0.05, 0) is 37.5 Å². The van der Waals surface area contributed by atoms with E-state index >= 15 is 0 Å². The monoisotopic (exact) mass is 252 g/mol. The lowest BCUT2D eigenvalue weighted by atomic mass is 10.1. The van der Waals surface area contributed by atoms with Crippen molar-refractivity contribution in [3.05, 3.63) is 34.9 Å². The molecule has 0 saturated carbocycles. The van der Waals surface area contributed by atoms with Crippen molar-refractivity contribution in [3.8, 4) is 0 Å². The number of hydrogen-bond acceptors (Lipinski definition) is 2. The van der Waals surface area contributed by atoms with Crippen LogP contribution in [0.5, 0.6) is 0 Å². The van der Waals surface area contributed by atoms with Crippen molar-refractivity contribution in [2.24, 2.45) is 11.0 Å². The van der Waals surface area contributed by atoms with E-state index in [-0.39, 0.29) is 5.91 Å². The van der Waals surface area contributed by atoms with Crippen molar-refractivity contribution in [1.29, 1.82) is 0 Å². The number of nitrogens with zero attached hydrogens (tertiary/aromatic N) is 1. The summed E-state index contributed by atoms with van der Waals surface area (Å²) in [6.07, 6.45) is 0.871. The van der Waals surface area contributed by atoms with E-state index in [4.69, 9.17) is 11.6 Å². The average molecular weight is 253 g/mol. The molecule has 0 spiro atoms. The van der Waals surface area contributed by atoms with Gasteiger partial charge in [0.25, 0.3) is 5.91 Å². The zero-order valence-corrected chi connectivity index (χ0v) is 11.1. The maximum Gasteiger partial charge on any atom is 0.271 e. The van der Waals surface area contributed by atoms with Gasteiger partial charge in [0.2, 0.25) is 0 Å². The molecule has 0 fully saturated rings. The molecule has 3 nitrogen and oxygen atoms in total. The van der Waals surface area contributed by atoms with Crippen molar-refractivity contribution < 1.29 is 4.79 Å². The minimum absolute atomic E-state index is 0.240.